The van der Waals surface area contributed by atoms with Crippen LogP contribution < -0.4 is 14.6 Å². The molecular formula is C16H17NO6S. The zero-order valence-electron chi connectivity index (χ0n) is 13.0. The van der Waals surface area contributed by atoms with Crippen molar-refractivity contribution >= 4 is 16.0 Å². The van der Waals surface area contributed by atoms with E-state index in [1.807, 2.05) is 0 Å². The molecule has 0 bridgehead atoms. The fourth-order valence-corrected chi connectivity index (χ4v) is 2.43. The molecule has 0 aliphatic rings. The highest BCUT2D eigenvalue weighted by Gasteiger charge is 2.12. The molecule has 0 spiro atoms. The van der Waals surface area contributed by atoms with Crippen LogP contribution in [0, 0.1) is 0 Å². The molecule has 0 aliphatic carbocycles. The Balaban J connectivity index is 1.83. The van der Waals surface area contributed by atoms with E-state index in [4.69, 9.17) is 19.3 Å². The molecule has 0 unspecified atom stereocenters. The van der Waals surface area contributed by atoms with Gasteiger partial charge in [-0.2, -0.15) is 0 Å². The van der Waals surface area contributed by atoms with Gasteiger partial charge in [-0.25, -0.2) is 18.4 Å². The molecule has 0 atom stereocenters. The van der Waals surface area contributed by atoms with Gasteiger partial charge in [-0.3, -0.25) is 0 Å². The van der Waals surface area contributed by atoms with Gasteiger partial charge in [-0.05, 0) is 36.4 Å². The van der Waals surface area contributed by atoms with Crippen molar-refractivity contribution in [3.05, 3.63) is 54.1 Å². The Labute approximate surface area is 140 Å². The van der Waals surface area contributed by atoms with Crippen LogP contribution in [0.5, 0.6) is 11.5 Å². The third-order valence-corrected chi connectivity index (χ3v) is 3.99. The number of hydrogen-bond donors (Lipinski definition) is 1. The monoisotopic (exact) mass is 351 g/mol. The SMILES string of the molecule is COc1ccccc1C(=O)OCCOc1ccc(S(N)(=O)=O)cc1. The van der Waals surface area contributed by atoms with Gasteiger partial charge in [-0.1, -0.05) is 12.1 Å². The molecular weight excluding hydrogens is 334 g/mol. The van der Waals surface area contributed by atoms with Gasteiger partial charge in [0.05, 0.1) is 12.0 Å². The molecule has 2 aromatic rings. The second-order valence-corrected chi connectivity index (χ2v) is 6.26. The van der Waals surface area contributed by atoms with Crippen molar-refractivity contribution in [2.75, 3.05) is 20.3 Å². The van der Waals surface area contributed by atoms with E-state index in [0.29, 0.717) is 17.1 Å². The summed E-state index contributed by atoms with van der Waals surface area (Å²) in [5.41, 5.74) is 0.331. The van der Waals surface area contributed by atoms with E-state index >= 15 is 0 Å². The van der Waals surface area contributed by atoms with Gasteiger partial charge in [0.1, 0.15) is 30.3 Å². The average Bonchev–Trinajstić information content (AvgIpc) is 2.58. The molecule has 0 heterocycles. The number of nitrogens with two attached hydrogens (primary N) is 1. The van der Waals surface area contributed by atoms with Crippen molar-refractivity contribution in [2.24, 2.45) is 5.14 Å². The number of methoxy groups -OCH3 is 1. The molecule has 2 aromatic carbocycles. The van der Waals surface area contributed by atoms with Crippen LogP contribution >= 0.6 is 0 Å². The van der Waals surface area contributed by atoms with E-state index in [9.17, 15) is 13.2 Å². The van der Waals surface area contributed by atoms with Gasteiger partial charge in [0.15, 0.2) is 0 Å². The van der Waals surface area contributed by atoms with E-state index in [1.54, 1.807) is 24.3 Å². The highest BCUT2D eigenvalue weighted by atomic mass is 32.2. The van der Waals surface area contributed by atoms with Gasteiger partial charge in [-0.15, -0.1) is 0 Å². The van der Waals surface area contributed by atoms with Gasteiger partial charge in [0.2, 0.25) is 10.0 Å². The maximum Gasteiger partial charge on any atom is 0.342 e. The summed E-state index contributed by atoms with van der Waals surface area (Å²) in [6.45, 7) is 0.156. The van der Waals surface area contributed by atoms with Crippen LogP contribution in [0.25, 0.3) is 0 Å². The number of rotatable bonds is 7. The third-order valence-electron chi connectivity index (χ3n) is 3.06. The van der Waals surface area contributed by atoms with Crippen molar-refractivity contribution in [1.82, 2.24) is 0 Å². The molecule has 2 rings (SSSR count). The summed E-state index contributed by atoms with van der Waals surface area (Å²) in [6.07, 6.45) is 0. The number of carbonyl (C=O) groups is 1. The summed E-state index contributed by atoms with van der Waals surface area (Å²) in [4.78, 5) is 12.0. The predicted octanol–water partition coefficient (Wildman–Crippen LogP) is 1.58. The number of benzene rings is 2. The lowest BCUT2D eigenvalue weighted by Crippen LogP contribution is -2.13. The van der Waals surface area contributed by atoms with Crippen molar-refractivity contribution in [3.63, 3.8) is 0 Å². The molecule has 0 aliphatic heterocycles. The number of hydrogen-bond acceptors (Lipinski definition) is 6. The zero-order chi connectivity index (χ0) is 17.6. The number of carbonyl (C=O) groups excluding carboxylic acids is 1. The lowest BCUT2D eigenvalue weighted by Gasteiger charge is -2.09. The van der Waals surface area contributed by atoms with Crippen LogP contribution in [-0.2, 0) is 14.8 Å². The fraction of sp³-hybridized carbons (Fsp3) is 0.188. The van der Waals surface area contributed by atoms with E-state index in [-0.39, 0.29) is 18.1 Å². The second-order valence-electron chi connectivity index (χ2n) is 4.70. The third kappa shape index (κ3) is 4.71. The minimum atomic E-state index is -3.73. The summed E-state index contributed by atoms with van der Waals surface area (Å²) in [5.74, 6) is 0.360. The first-order chi connectivity index (χ1) is 11.4. The highest BCUT2D eigenvalue weighted by Crippen LogP contribution is 2.18. The summed E-state index contributed by atoms with van der Waals surface area (Å²) >= 11 is 0. The largest absolute Gasteiger partial charge is 0.496 e. The first kappa shape index (κ1) is 17.8. The summed E-state index contributed by atoms with van der Waals surface area (Å²) < 4.78 is 37.8. The quantitative estimate of drug-likeness (QED) is 0.600. The van der Waals surface area contributed by atoms with Crippen molar-refractivity contribution in [3.8, 4) is 11.5 Å². The maximum absolute atomic E-state index is 12.0. The minimum absolute atomic E-state index is 0.00236. The molecule has 24 heavy (non-hydrogen) atoms. The number of ether oxygens (including phenoxy) is 3. The molecule has 128 valence electrons. The molecule has 0 fully saturated rings. The van der Waals surface area contributed by atoms with Crippen LogP contribution in [0.1, 0.15) is 10.4 Å². The van der Waals surface area contributed by atoms with E-state index in [2.05, 4.69) is 0 Å². The van der Waals surface area contributed by atoms with Crippen molar-refractivity contribution in [1.29, 1.82) is 0 Å². The topological polar surface area (TPSA) is 105 Å². The lowest BCUT2D eigenvalue weighted by molar-refractivity contribution is 0.0447. The Hall–Kier alpha value is -2.58. The molecule has 0 amide bonds. The van der Waals surface area contributed by atoms with E-state index < -0.39 is 16.0 Å². The second kappa shape index (κ2) is 7.80. The number of primary sulfonamides is 1. The summed E-state index contributed by atoms with van der Waals surface area (Å²) in [6, 6.07) is 12.4. The number of esters is 1. The van der Waals surface area contributed by atoms with Crippen LogP contribution in [0.3, 0.4) is 0 Å². The first-order valence-electron chi connectivity index (χ1n) is 6.97. The molecule has 0 saturated carbocycles. The van der Waals surface area contributed by atoms with E-state index in [1.165, 1.54) is 31.4 Å². The normalized spacial score (nSPS) is 10.9. The molecule has 7 nitrogen and oxygen atoms in total. The fourth-order valence-electron chi connectivity index (χ4n) is 1.91. The average molecular weight is 351 g/mol. The van der Waals surface area contributed by atoms with Crippen molar-refractivity contribution < 1.29 is 27.4 Å². The molecule has 0 radical (unpaired) electrons. The predicted molar refractivity (Wildman–Crippen MR) is 86.6 cm³/mol. The maximum atomic E-state index is 12.0. The Morgan fingerprint density at radius 3 is 2.33 bits per heavy atom. The number of sulfonamides is 1. The van der Waals surface area contributed by atoms with Crippen LogP contribution in [0.2, 0.25) is 0 Å². The van der Waals surface area contributed by atoms with Gasteiger partial charge >= 0.3 is 5.97 Å². The van der Waals surface area contributed by atoms with Gasteiger partial charge in [0.25, 0.3) is 0 Å². The number of para-hydroxylation sites is 1. The van der Waals surface area contributed by atoms with Crippen LogP contribution in [0.4, 0.5) is 0 Å². The van der Waals surface area contributed by atoms with Gasteiger partial charge in [0, 0.05) is 0 Å². The van der Waals surface area contributed by atoms with Crippen LogP contribution in [-0.4, -0.2) is 34.7 Å². The Kier molecular flexibility index (Phi) is 5.78. The lowest BCUT2D eigenvalue weighted by atomic mass is 10.2. The smallest absolute Gasteiger partial charge is 0.342 e. The van der Waals surface area contributed by atoms with Crippen LogP contribution in [0.15, 0.2) is 53.4 Å². The molecule has 0 aromatic heterocycles. The first-order valence-corrected chi connectivity index (χ1v) is 8.52. The Bertz CT molecular complexity index is 802. The van der Waals surface area contributed by atoms with Crippen molar-refractivity contribution in [2.45, 2.75) is 4.90 Å². The Morgan fingerprint density at radius 1 is 1.04 bits per heavy atom. The summed E-state index contributed by atoms with van der Waals surface area (Å²) in [5, 5.41) is 5.00. The highest BCUT2D eigenvalue weighted by molar-refractivity contribution is 7.89. The molecule has 2 N–H and O–H groups in total. The van der Waals surface area contributed by atoms with E-state index in [0.717, 1.165) is 0 Å². The minimum Gasteiger partial charge on any atom is -0.496 e. The summed E-state index contributed by atoms with van der Waals surface area (Å²) in [7, 11) is -2.26. The van der Waals surface area contributed by atoms with Gasteiger partial charge < -0.3 is 14.2 Å². The molecule has 0 saturated heterocycles. The standard InChI is InChI=1S/C16H17NO6S/c1-21-15-5-3-2-4-14(15)16(18)23-11-10-22-12-6-8-13(9-7-12)24(17,19)20/h2-9H,10-11H2,1H3,(H2,17,19,20). The molecule has 8 heteroatoms. The Morgan fingerprint density at radius 2 is 1.71 bits per heavy atom. The zero-order valence-corrected chi connectivity index (χ0v) is 13.8.